The number of unbranched alkanes of at least 4 members (excludes halogenated alkanes) is 2. The molecule has 9 heteroatoms. The highest BCUT2D eigenvalue weighted by molar-refractivity contribution is 5.89. The zero-order chi connectivity index (χ0) is 27.7. The normalized spacial score (nSPS) is 11.8. The minimum atomic E-state index is -0.361. The Labute approximate surface area is 228 Å². The zero-order valence-electron chi connectivity index (χ0n) is 23.7. The topological polar surface area (TPSA) is 102 Å². The van der Waals surface area contributed by atoms with Gasteiger partial charge in [-0.2, -0.15) is 0 Å². The first-order valence-corrected chi connectivity index (χ1v) is 14.1. The van der Waals surface area contributed by atoms with Crippen molar-refractivity contribution in [1.82, 2.24) is 0 Å². The molecule has 0 heterocycles. The summed E-state index contributed by atoms with van der Waals surface area (Å²) in [5.74, 6) is -0.494. The number of rotatable bonds is 25. The van der Waals surface area contributed by atoms with Crippen LogP contribution in [0.5, 0.6) is 0 Å². The van der Waals surface area contributed by atoms with Crippen molar-refractivity contribution in [2.75, 3.05) is 77.9 Å². The van der Waals surface area contributed by atoms with Crippen LogP contribution in [-0.4, -0.2) is 84.6 Å². The summed E-state index contributed by atoms with van der Waals surface area (Å²) in [7, 11) is 0. The Morgan fingerprint density at radius 3 is 1.68 bits per heavy atom. The van der Waals surface area contributed by atoms with Gasteiger partial charge in [-0.3, -0.25) is 4.79 Å². The molecule has 0 amide bonds. The lowest BCUT2D eigenvalue weighted by Crippen LogP contribution is -2.20. The van der Waals surface area contributed by atoms with E-state index in [2.05, 4.69) is 19.2 Å². The molecule has 9 nitrogen and oxygen atoms in total. The Balaban J connectivity index is 1.88. The zero-order valence-corrected chi connectivity index (χ0v) is 23.7. The van der Waals surface area contributed by atoms with E-state index in [0.29, 0.717) is 58.4 Å². The van der Waals surface area contributed by atoms with Gasteiger partial charge in [0.1, 0.15) is 13.2 Å². The maximum Gasteiger partial charge on any atom is 0.338 e. The fourth-order valence-corrected chi connectivity index (χ4v) is 3.43. The third kappa shape index (κ3) is 17.3. The number of hydrogen-bond acceptors (Lipinski definition) is 9. The summed E-state index contributed by atoms with van der Waals surface area (Å²) in [6.45, 7) is 11.0. The number of anilines is 1. The first-order valence-electron chi connectivity index (χ1n) is 14.1. The molecule has 1 unspecified atom stereocenters. The summed E-state index contributed by atoms with van der Waals surface area (Å²) in [6, 6.07) is 7.28. The highest BCUT2D eigenvalue weighted by Gasteiger charge is 2.16. The predicted molar refractivity (Wildman–Crippen MR) is 148 cm³/mol. The van der Waals surface area contributed by atoms with Gasteiger partial charge in [-0.15, -0.1) is 0 Å². The maximum absolute atomic E-state index is 12.1. The molecule has 1 aromatic carbocycles. The van der Waals surface area contributed by atoms with Crippen molar-refractivity contribution in [3.05, 3.63) is 29.8 Å². The van der Waals surface area contributed by atoms with Crippen molar-refractivity contribution in [2.45, 2.75) is 59.3 Å². The number of esters is 2. The van der Waals surface area contributed by atoms with E-state index in [-0.39, 0.29) is 31.1 Å². The molecule has 218 valence electrons. The van der Waals surface area contributed by atoms with Gasteiger partial charge >= 0.3 is 11.9 Å². The van der Waals surface area contributed by atoms with Crippen molar-refractivity contribution in [2.24, 2.45) is 5.92 Å². The van der Waals surface area contributed by atoms with E-state index in [0.717, 1.165) is 50.8 Å². The van der Waals surface area contributed by atoms with Gasteiger partial charge < -0.3 is 33.7 Å². The molecule has 0 aromatic heterocycles. The molecule has 0 aliphatic rings. The summed E-state index contributed by atoms with van der Waals surface area (Å²) in [5, 5.41) is 3.31. The van der Waals surface area contributed by atoms with Gasteiger partial charge in [0.15, 0.2) is 0 Å². The molecule has 0 saturated heterocycles. The van der Waals surface area contributed by atoms with E-state index in [1.54, 1.807) is 12.1 Å². The van der Waals surface area contributed by atoms with Crippen LogP contribution in [0.3, 0.4) is 0 Å². The number of hydrogen-bond donors (Lipinski definition) is 1. The average Bonchev–Trinajstić information content (AvgIpc) is 2.93. The van der Waals surface area contributed by atoms with Gasteiger partial charge in [0.05, 0.1) is 64.3 Å². The second-order valence-electron chi connectivity index (χ2n) is 8.86. The number of nitrogens with one attached hydrogen (secondary N) is 1. The van der Waals surface area contributed by atoms with Gasteiger partial charge in [-0.1, -0.05) is 40.0 Å². The molecular weight excluding hydrogens is 490 g/mol. The van der Waals surface area contributed by atoms with Crippen LogP contribution in [-0.2, 0) is 33.2 Å². The Morgan fingerprint density at radius 1 is 0.684 bits per heavy atom. The predicted octanol–water partition coefficient (Wildman–Crippen LogP) is 4.88. The summed E-state index contributed by atoms with van der Waals surface area (Å²) in [5.41, 5.74) is 1.51. The van der Waals surface area contributed by atoms with Gasteiger partial charge in [0.25, 0.3) is 0 Å². The van der Waals surface area contributed by atoms with Crippen LogP contribution in [0.25, 0.3) is 0 Å². The molecule has 0 aliphatic carbocycles. The van der Waals surface area contributed by atoms with Crippen LogP contribution in [0.15, 0.2) is 24.3 Å². The highest BCUT2D eigenvalue weighted by Crippen LogP contribution is 2.14. The van der Waals surface area contributed by atoms with Crippen LogP contribution in [0.2, 0.25) is 0 Å². The van der Waals surface area contributed by atoms with Crippen LogP contribution in [0.4, 0.5) is 5.69 Å². The molecule has 0 fully saturated rings. The molecule has 1 N–H and O–H groups in total. The Kier molecular flexibility index (Phi) is 21.3. The van der Waals surface area contributed by atoms with Gasteiger partial charge in [-0.25, -0.2) is 4.79 Å². The minimum Gasteiger partial charge on any atom is -0.463 e. The third-order valence-corrected chi connectivity index (χ3v) is 5.76. The maximum atomic E-state index is 12.1. The van der Waals surface area contributed by atoms with Crippen LogP contribution in [0, 0.1) is 5.92 Å². The second kappa shape index (κ2) is 23.9. The standard InChI is InChI=1S/C29H49NO8/c1-4-7-9-25(6-3)28(31)37-23-21-35-19-17-33-15-16-34-18-20-36-22-24-38-29(32)26-10-12-27(13-11-26)30-14-8-5-2/h10-13,25,30H,4-9,14-24H2,1-3H3. The molecule has 1 rings (SSSR count). The Bertz CT molecular complexity index is 713. The molecule has 0 saturated carbocycles. The largest absolute Gasteiger partial charge is 0.463 e. The molecule has 0 aliphatic heterocycles. The third-order valence-electron chi connectivity index (χ3n) is 5.76. The lowest BCUT2D eigenvalue weighted by atomic mass is 10.00. The Hall–Kier alpha value is -2.20. The molecule has 0 spiro atoms. The molecule has 0 radical (unpaired) electrons. The van der Waals surface area contributed by atoms with E-state index in [1.807, 2.05) is 19.1 Å². The van der Waals surface area contributed by atoms with Crippen molar-refractivity contribution >= 4 is 17.6 Å². The monoisotopic (exact) mass is 539 g/mol. The summed E-state index contributed by atoms with van der Waals surface area (Å²) < 4.78 is 32.3. The number of ether oxygens (including phenoxy) is 6. The fourth-order valence-electron chi connectivity index (χ4n) is 3.43. The van der Waals surface area contributed by atoms with Crippen LogP contribution >= 0.6 is 0 Å². The molecule has 38 heavy (non-hydrogen) atoms. The molecule has 1 aromatic rings. The first-order chi connectivity index (χ1) is 18.6. The smallest absolute Gasteiger partial charge is 0.338 e. The average molecular weight is 540 g/mol. The van der Waals surface area contributed by atoms with Gasteiger partial charge in [0, 0.05) is 12.2 Å². The van der Waals surface area contributed by atoms with E-state index in [1.165, 1.54) is 0 Å². The molecule has 0 bridgehead atoms. The van der Waals surface area contributed by atoms with Crippen molar-refractivity contribution in [1.29, 1.82) is 0 Å². The van der Waals surface area contributed by atoms with Gasteiger partial charge in [0.2, 0.25) is 0 Å². The van der Waals surface area contributed by atoms with Crippen LogP contribution < -0.4 is 5.32 Å². The molecular formula is C29H49NO8. The van der Waals surface area contributed by atoms with E-state index in [4.69, 9.17) is 28.4 Å². The minimum absolute atomic E-state index is 0.00682. The summed E-state index contributed by atoms with van der Waals surface area (Å²) >= 11 is 0. The number of carbonyl (C=O) groups is 2. The van der Waals surface area contributed by atoms with E-state index >= 15 is 0 Å². The van der Waals surface area contributed by atoms with Crippen molar-refractivity contribution in [3.63, 3.8) is 0 Å². The summed E-state index contributed by atoms with van der Waals surface area (Å²) in [4.78, 5) is 24.1. The first kappa shape index (κ1) is 33.8. The quantitative estimate of drug-likeness (QED) is 0.138. The Morgan fingerprint density at radius 2 is 1.18 bits per heavy atom. The second-order valence-corrected chi connectivity index (χ2v) is 8.86. The van der Waals surface area contributed by atoms with Gasteiger partial charge in [-0.05, 0) is 43.5 Å². The van der Waals surface area contributed by atoms with Crippen LogP contribution in [0.1, 0.15) is 69.7 Å². The molecule has 1 atom stereocenters. The lowest BCUT2D eigenvalue weighted by molar-refractivity contribution is -0.150. The lowest BCUT2D eigenvalue weighted by Gasteiger charge is -2.13. The fraction of sp³-hybridized carbons (Fsp3) is 0.724. The number of carbonyl (C=O) groups excluding carboxylic acids is 2. The van der Waals surface area contributed by atoms with Crippen molar-refractivity contribution < 1.29 is 38.0 Å². The van der Waals surface area contributed by atoms with E-state index in [9.17, 15) is 9.59 Å². The van der Waals surface area contributed by atoms with E-state index < -0.39 is 0 Å². The van der Waals surface area contributed by atoms with Crippen molar-refractivity contribution in [3.8, 4) is 0 Å². The highest BCUT2D eigenvalue weighted by atomic mass is 16.6. The number of benzene rings is 1. The summed E-state index contributed by atoms with van der Waals surface area (Å²) in [6.07, 6.45) is 6.07. The SMILES string of the molecule is CCCCNc1ccc(C(=O)OCCOCCOCCOCCOCCOC(=O)C(CC)CCCC)cc1.